The van der Waals surface area contributed by atoms with Gasteiger partial charge in [0.05, 0.1) is 12.0 Å². The first kappa shape index (κ1) is 17.8. The number of phenolic OH excluding ortho intramolecular Hbond substituents is 2. The Labute approximate surface area is 148 Å². The van der Waals surface area contributed by atoms with Crippen molar-refractivity contribution in [1.29, 1.82) is 0 Å². The number of carboxylic acid groups (broad SMARTS) is 1. The summed E-state index contributed by atoms with van der Waals surface area (Å²) in [6.45, 7) is 2.23. The largest absolute Gasteiger partial charge is 0.550 e. The van der Waals surface area contributed by atoms with Gasteiger partial charge >= 0.3 is 5.63 Å². The first-order valence-corrected chi connectivity index (χ1v) is 8.25. The highest BCUT2D eigenvalue weighted by Crippen LogP contribution is 2.34. The smallest absolute Gasteiger partial charge is 0.340 e. The highest BCUT2D eigenvalue weighted by atomic mass is 16.4. The number of carboxylic acids is 1. The van der Waals surface area contributed by atoms with Gasteiger partial charge in [-0.2, -0.15) is 0 Å². The number of carbonyl (C=O) groups is 2. The van der Waals surface area contributed by atoms with Crippen LogP contribution < -0.4 is 10.7 Å². The van der Waals surface area contributed by atoms with Gasteiger partial charge in [0.25, 0.3) is 0 Å². The molecule has 8 heteroatoms. The Kier molecular flexibility index (Phi) is 4.58. The number of carbonyl (C=O) groups excluding carboxylic acids is 2. The predicted octanol–water partition coefficient (Wildman–Crippen LogP) is 0.0436. The molecule has 0 radical (unpaired) electrons. The van der Waals surface area contributed by atoms with Crippen molar-refractivity contribution < 1.29 is 29.3 Å². The molecule has 0 saturated carbocycles. The van der Waals surface area contributed by atoms with Crippen LogP contribution in [0.4, 0.5) is 0 Å². The monoisotopic (exact) mass is 360 g/mol. The molecule has 1 saturated heterocycles. The van der Waals surface area contributed by atoms with Crippen molar-refractivity contribution >= 4 is 22.8 Å². The fourth-order valence-corrected chi connectivity index (χ4v) is 3.26. The molecule has 26 heavy (non-hydrogen) atoms. The Morgan fingerprint density at radius 1 is 1.27 bits per heavy atom. The topological polar surface area (TPSA) is 131 Å². The first-order chi connectivity index (χ1) is 12.3. The number of benzene rings is 1. The van der Waals surface area contributed by atoms with E-state index < -0.39 is 29.0 Å². The molecule has 1 aromatic carbocycles. The number of piperidine rings is 1. The van der Waals surface area contributed by atoms with E-state index in [1.807, 2.05) is 0 Å². The summed E-state index contributed by atoms with van der Waals surface area (Å²) in [5.74, 6) is -2.88. The number of aryl methyl sites for hydroxylation is 1. The molecule has 0 atom stereocenters. The number of amides is 1. The summed E-state index contributed by atoms with van der Waals surface area (Å²) in [6, 6.07) is 2.78. The maximum absolute atomic E-state index is 12.5. The average molecular weight is 360 g/mol. The molecule has 138 valence electrons. The number of hydrogen-bond acceptors (Lipinski definition) is 7. The lowest BCUT2D eigenvalue weighted by molar-refractivity contribution is -0.312. The van der Waals surface area contributed by atoms with Crippen LogP contribution in [0, 0.1) is 12.8 Å². The van der Waals surface area contributed by atoms with Gasteiger partial charge in [-0.25, -0.2) is 4.79 Å². The van der Waals surface area contributed by atoms with Crippen LogP contribution >= 0.6 is 0 Å². The third-order valence-corrected chi connectivity index (χ3v) is 4.92. The zero-order valence-corrected chi connectivity index (χ0v) is 14.2. The summed E-state index contributed by atoms with van der Waals surface area (Å²) in [6.07, 6.45) is 0.473. The van der Waals surface area contributed by atoms with Crippen LogP contribution in [0.15, 0.2) is 21.3 Å². The quantitative estimate of drug-likeness (QED) is 0.584. The van der Waals surface area contributed by atoms with Crippen LogP contribution in [0.2, 0.25) is 0 Å². The van der Waals surface area contributed by atoms with E-state index in [0.29, 0.717) is 36.9 Å². The van der Waals surface area contributed by atoms with E-state index in [1.54, 1.807) is 6.92 Å². The predicted molar refractivity (Wildman–Crippen MR) is 88.6 cm³/mol. The minimum Gasteiger partial charge on any atom is -0.550 e. The van der Waals surface area contributed by atoms with Crippen molar-refractivity contribution in [2.45, 2.75) is 26.2 Å². The zero-order chi connectivity index (χ0) is 19.0. The molecule has 1 amide bonds. The second kappa shape index (κ2) is 6.70. The molecule has 1 aliphatic rings. The van der Waals surface area contributed by atoms with E-state index in [0.717, 1.165) is 0 Å². The standard InChI is InChI=1S/C18H19NO7/c1-9-11-2-3-13(20)15(22)16(11)26-18(25)12(9)8-14(21)19-6-4-10(5-7-19)17(23)24/h2-3,10,20,22H,4-8H2,1H3,(H,23,24)/p-1. The van der Waals surface area contributed by atoms with Crippen molar-refractivity contribution in [3.8, 4) is 11.5 Å². The van der Waals surface area contributed by atoms with Gasteiger partial charge in [-0.1, -0.05) is 0 Å². The van der Waals surface area contributed by atoms with Gasteiger partial charge in [0, 0.05) is 30.4 Å². The molecule has 2 aromatic rings. The number of nitrogens with zero attached hydrogens (tertiary/aromatic N) is 1. The summed E-state index contributed by atoms with van der Waals surface area (Å²) >= 11 is 0. The van der Waals surface area contributed by atoms with E-state index in [2.05, 4.69) is 0 Å². The van der Waals surface area contributed by atoms with E-state index in [4.69, 9.17) is 4.42 Å². The summed E-state index contributed by atoms with van der Waals surface area (Å²) < 4.78 is 5.10. The maximum Gasteiger partial charge on any atom is 0.340 e. The van der Waals surface area contributed by atoms with Crippen LogP contribution in [-0.2, 0) is 16.0 Å². The number of rotatable bonds is 3. The van der Waals surface area contributed by atoms with Gasteiger partial charge in [-0.15, -0.1) is 0 Å². The number of phenols is 2. The minimum absolute atomic E-state index is 0.126. The summed E-state index contributed by atoms with van der Waals surface area (Å²) in [7, 11) is 0. The Morgan fingerprint density at radius 2 is 1.92 bits per heavy atom. The lowest BCUT2D eigenvalue weighted by Gasteiger charge is -2.32. The summed E-state index contributed by atoms with van der Waals surface area (Å²) in [4.78, 5) is 37.2. The third-order valence-electron chi connectivity index (χ3n) is 4.92. The van der Waals surface area contributed by atoms with E-state index in [-0.39, 0.29) is 23.5 Å². The van der Waals surface area contributed by atoms with Crippen molar-refractivity contribution in [3.05, 3.63) is 33.7 Å². The molecule has 0 aliphatic carbocycles. The SMILES string of the molecule is Cc1c(CC(=O)N2CCC(C(=O)[O-])CC2)c(=O)oc2c(O)c(O)ccc12. The molecule has 0 spiro atoms. The number of likely N-dealkylation sites (tertiary alicyclic amines) is 1. The van der Waals surface area contributed by atoms with Crippen molar-refractivity contribution in [3.63, 3.8) is 0 Å². The molecule has 2 N–H and O–H groups in total. The number of fused-ring (bicyclic) bond motifs is 1. The van der Waals surface area contributed by atoms with Crippen molar-refractivity contribution in [1.82, 2.24) is 4.90 Å². The number of aromatic hydroxyl groups is 2. The molecular weight excluding hydrogens is 342 g/mol. The van der Waals surface area contributed by atoms with Gasteiger partial charge in [0.2, 0.25) is 11.7 Å². The van der Waals surface area contributed by atoms with Gasteiger partial charge in [-0.05, 0) is 37.5 Å². The van der Waals surface area contributed by atoms with Crippen molar-refractivity contribution in [2.75, 3.05) is 13.1 Å². The highest BCUT2D eigenvalue weighted by molar-refractivity contribution is 5.89. The average Bonchev–Trinajstić information content (AvgIpc) is 2.62. The highest BCUT2D eigenvalue weighted by Gasteiger charge is 2.25. The molecule has 1 aliphatic heterocycles. The van der Waals surface area contributed by atoms with E-state index in [1.165, 1.54) is 17.0 Å². The molecule has 1 aromatic heterocycles. The lowest BCUT2D eigenvalue weighted by Crippen LogP contribution is -2.44. The van der Waals surface area contributed by atoms with E-state index >= 15 is 0 Å². The fourth-order valence-electron chi connectivity index (χ4n) is 3.26. The maximum atomic E-state index is 12.5. The van der Waals surface area contributed by atoms with Crippen LogP contribution in [-0.4, -0.2) is 40.1 Å². The van der Waals surface area contributed by atoms with Gasteiger partial charge < -0.3 is 29.4 Å². The van der Waals surface area contributed by atoms with Gasteiger partial charge in [-0.3, -0.25) is 4.79 Å². The Balaban J connectivity index is 1.85. The summed E-state index contributed by atoms with van der Waals surface area (Å²) in [5.41, 5.74) is -0.216. The van der Waals surface area contributed by atoms with Crippen LogP contribution in [0.1, 0.15) is 24.0 Å². The van der Waals surface area contributed by atoms with Gasteiger partial charge in [0.15, 0.2) is 11.3 Å². The Bertz CT molecular complexity index is 939. The Morgan fingerprint density at radius 3 is 2.54 bits per heavy atom. The number of aliphatic carboxylic acids is 1. The van der Waals surface area contributed by atoms with Crippen molar-refractivity contribution in [2.24, 2.45) is 5.92 Å². The molecular formula is C18H18NO7-. The van der Waals surface area contributed by atoms with E-state index in [9.17, 15) is 29.7 Å². The molecule has 2 heterocycles. The second-order valence-corrected chi connectivity index (χ2v) is 6.45. The Hall–Kier alpha value is -3.03. The summed E-state index contributed by atoms with van der Waals surface area (Å²) in [5, 5.41) is 30.7. The fraction of sp³-hybridized carbons (Fsp3) is 0.389. The molecule has 3 rings (SSSR count). The second-order valence-electron chi connectivity index (χ2n) is 6.45. The number of hydrogen-bond donors (Lipinski definition) is 2. The van der Waals surface area contributed by atoms with Gasteiger partial charge in [0.1, 0.15) is 0 Å². The minimum atomic E-state index is -1.11. The molecule has 8 nitrogen and oxygen atoms in total. The first-order valence-electron chi connectivity index (χ1n) is 8.25. The third kappa shape index (κ3) is 3.10. The molecule has 0 unspecified atom stereocenters. The zero-order valence-electron chi connectivity index (χ0n) is 14.2. The molecule has 0 bridgehead atoms. The lowest BCUT2D eigenvalue weighted by atomic mass is 9.96. The molecule has 1 fully saturated rings. The van der Waals surface area contributed by atoms with Crippen LogP contribution in [0.3, 0.4) is 0 Å². The van der Waals surface area contributed by atoms with Crippen LogP contribution in [0.25, 0.3) is 11.0 Å². The van der Waals surface area contributed by atoms with Crippen LogP contribution in [0.5, 0.6) is 11.5 Å². The normalized spacial score (nSPS) is 15.3.